The molecule has 0 radical (unpaired) electrons. The van der Waals surface area contributed by atoms with E-state index < -0.39 is 0 Å². The molecule has 1 N–H and O–H groups in total. The van der Waals surface area contributed by atoms with Gasteiger partial charge in [-0.15, -0.1) is 11.8 Å². The van der Waals surface area contributed by atoms with E-state index in [1.165, 1.54) is 37.4 Å². The number of carbonyl (C=O) groups excluding carboxylic acids is 2. The van der Waals surface area contributed by atoms with E-state index in [-0.39, 0.29) is 17.1 Å². The molecular formula is C24H26ClN3O2S. The Morgan fingerprint density at radius 1 is 1.26 bits per heavy atom. The zero-order valence-corrected chi connectivity index (χ0v) is 18.9. The molecule has 3 aliphatic rings. The lowest BCUT2D eigenvalue weighted by molar-refractivity contribution is -0.117. The van der Waals surface area contributed by atoms with Crippen molar-refractivity contribution in [3.8, 4) is 0 Å². The lowest BCUT2D eigenvalue weighted by Gasteiger charge is -2.23. The summed E-state index contributed by atoms with van der Waals surface area (Å²) < 4.78 is 0. The highest BCUT2D eigenvalue weighted by Crippen LogP contribution is 2.34. The Balaban J connectivity index is 1.37. The van der Waals surface area contributed by atoms with Gasteiger partial charge in [0.2, 0.25) is 0 Å². The monoisotopic (exact) mass is 455 g/mol. The van der Waals surface area contributed by atoms with E-state index in [2.05, 4.69) is 15.2 Å². The van der Waals surface area contributed by atoms with Crippen LogP contribution in [0.5, 0.6) is 0 Å². The lowest BCUT2D eigenvalue weighted by atomic mass is 10.0. The molecule has 7 heteroatoms. The van der Waals surface area contributed by atoms with Crippen molar-refractivity contribution in [2.45, 2.75) is 30.9 Å². The minimum atomic E-state index is -0.288. The Morgan fingerprint density at radius 3 is 2.84 bits per heavy atom. The van der Waals surface area contributed by atoms with Crippen molar-refractivity contribution < 1.29 is 9.59 Å². The third-order valence-electron chi connectivity index (χ3n) is 5.56. The van der Waals surface area contributed by atoms with Crippen molar-refractivity contribution in [3.63, 3.8) is 0 Å². The maximum atomic E-state index is 12.6. The van der Waals surface area contributed by atoms with Crippen molar-refractivity contribution in [1.29, 1.82) is 0 Å². The smallest absolute Gasteiger partial charge is 0.283 e. The molecule has 1 fully saturated rings. The molecule has 2 amide bonds. The van der Waals surface area contributed by atoms with Crippen LogP contribution >= 0.6 is 23.4 Å². The van der Waals surface area contributed by atoms with Crippen molar-refractivity contribution in [1.82, 2.24) is 10.2 Å². The number of likely N-dealkylation sites (tertiary alicyclic amines) is 1. The molecule has 0 saturated carbocycles. The molecule has 162 valence electrons. The summed E-state index contributed by atoms with van der Waals surface area (Å²) in [5.74, 6) is -0.409. The van der Waals surface area contributed by atoms with E-state index in [0.717, 1.165) is 25.2 Å². The quantitative estimate of drug-likeness (QED) is 0.674. The molecule has 2 aliphatic heterocycles. The van der Waals surface area contributed by atoms with Crippen molar-refractivity contribution in [3.05, 3.63) is 63.6 Å². The minimum Gasteiger partial charge on any atom is -0.351 e. The van der Waals surface area contributed by atoms with Crippen molar-refractivity contribution in [2.24, 2.45) is 4.99 Å². The average molecular weight is 456 g/mol. The van der Waals surface area contributed by atoms with Crippen LogP contribution in [0.3, 0.4) is 0 Å². The zero-order chi connectivity index (χ0) is 21.6. The van der Waals surface area contributed by atoms with Gasteiger partial charge in [-0.25, -0.2) is 4.99 Å². The molecule has 5 nitrogen and oxygen atoms in total. The molecule has 0 aromatic heterocycles. The predicted molar refractivity (Wildman–Crippen MR) is 128 cm³/mol. The van der Waals surface area contributed by atoms with Gasteiger partial charge >= 0.3 is 0 Å². The normalized spacial score (nSPS) is 23.1. The Morgan fingerprint density at radius 2 is 2.06 bits per heavy atom. The molecule has 0 spiro atoms. The van der Waals surface area contributed by atoms with Crippen LogP contribution in [0.4, 0.5) is 0 Å². The van der Waals surface area contributed by atoms with Gasteiger partial charge in [0.25, 0.3) is 11.8 Å². The molecule has 0 bridgehead atoms. The van der Waals surface area contributed by atoms with Gasteiger partial charge in [0, 0.05) is 23.7 Å². The summed E-state index contributed by atoms with van der Waals surface area (Å²) >= 11 is 7.48. The Kier molecular flexibility index (Phi) is 7.43. The topological polar surface area (TPSA) is 61.8 Å². The number of allylic oxidation sites excluding steroid dienone is 1. The van der Waals surface area contributed by atoms with Gasteiger partial charge in [-0.1, -0.05) is 48.7 Å². The third-order valence-corrected chi connectivity index (χ3v) is 7.00. The number of carbonyl (C=O) groups is 2. The van der Waals surface area contributed by atoms with E-state index in [9.17, 15) is 9.59 Å². The van der Waals surface area contributed by atoms with Crippen LogP contribution in [0, 0.1) is 0 Å². The van der Waals surface area contributed by atoms with Gasteiger partial charge in [0.1, 0.15) is 0 Å². The number of rotatable bonds is 5. The summed E-state index contributed by atoms with van der Waals surface area (Å²) in [4.78, 5) is 32.3. The minimum absolute atomic E-state index is 0.0724. The molecule has 4 rings (SSSR count). The van der Waals surface area contributed by atoms with Crippen LogP contribution in [0.15, 0.2) is 58.0 Å². The fourth-order valence-corrected chi connectivity index (χ4v) is 5.13. The first kappa shape index (κ1) is 22.1. The molecule has 1 saturated heterocycles. The van der Waals surface area contributed by atoms with Gasteiger partial charge in [0.05, 0.1) is 15.9 Å². The summed E-state index contributed by atoms with van der Waals surface area (Å²) in [6.45, 7) is 3.72. The van der Waals surface area contributed by atoms with E-state index >= 15 is 0 Å². The van der Waals surface area contributed by atoms with E-state index in [1.807, 2.05) is 36.4 Å². The molecule has 1 aliphatic carbocycles. The number of nitrogens with one attached hydrogen (secondary N) is 1. The molecule has 1 atom stereocenters. The highest BCUT2D eigenvalue weighted by Gasteiger charge is 2.28. The number of nitrogens with zero attached hydrogens (tertiary/aromatic N) is 2. The summed E-state index contributed by atoms with van der Waals surface area (Å²) in [5, 5.41) is 3.55. The summed E-state index contributed by atoms with van der Waals surface area (Å²) in [7, 11) is 0. The molecule has 1 aromatic carbocycles. The van der Waals surface area contributed by atoms with Crippen LogP contribution in [-0.4, -0.2) is 53.9 Å². The second kappa shape index (κ2) is 10.4. The van der Waals surface area contributed by atoms with Gasteiger partial charge in [-0.2, -0.15) is 0 Å². The third kappa shape index (κ3) is 5.97. The first-order valence-corrected chi connectivity index (χ1v) is 12.0. The SMILES string of the molecule is O=C(NCCN1CCCCCC1)C1=CC2=NC(=O)/C(=C\c3cccc(Cl)c3)SC2C=C1. The maximum Gasteiger partial charge on any atom is 0.283 e. The number of aliphatic imine (C=N–C) groups is 1. The van der Waals surface area contributed by atoms with Gasteiger partial charge in [-0.05, 0) is 55.8 Å². The standard InChI is InChI=1S/C24H26ClN3O2S/c25-19-7-5-6-17(14-19)15-22-24(30)27-20-16-18(8-9-21(20)31-22)23(29)26-10-13-28-11-3-1-2-4-12-28/h5-9,14-16,21H,1-4,10-13H2,(H,26,29)/b22-15+. The molecule has 31 heavy (non-hydrogen) atoms. The highest BCUT2D eigenvalue weighted by molar-refractivity contribution is 8.05. The largest absolute Gasteiger partial charge is 0.351 e. The number of hydrogen-bond donors (Lipinski definition) is 1. The number of benzene rings is 1. The molecule has 1 unspecified atom stereocenters. The zero-order valence-electron chi connectivity index (χ0n) is 17.4. The summed E-state index contributed by atoms with van der Waals surface area (Å²) in [6, 6.07) is 7.36. The van der Waals surface area contributed by atoms with Crippen LogP contribution in [-0.2, 0) is 9.59 Å². The Labute approximate surface area is 192 Å². The second-order valence-electron chi connectivity index (χ2n) is 7.91. The van der Waals surface area contributed by atoms with E-state index in [1.54, 1.807) is 12.1 Å². The molecule has 2 heterocycles. The van der Waals surface area contributed by atoms with Gasteiger partial charge < -0.3 is 10.2 Å². The number of fused-ring (bicyclic) bond motifs is 1. The number of thioether (sulfide) groups is 1. The Bertz CT molecular complexity index is 975. The summed E-state index contributed by atoms with van der Waals surface area (Å²) in [5.41, 5.74) is 2.03. The van der Waals surface area contributed by atoms with Crippen LogP contribution in [0.2, 0.25) is 5.02 Å². The number of amides is 2. The molecular weight excluding hydrogens is 430 g/mol. The number of hydrogen-bond acceptors (Lipinski definition) is 4. The highest BCUT2D eigenvalue weighted by atomic mass is 35.5. The Hall–Kier alpha value is -2.15. The number of halogens is 1. The van der Waals surface area contributed by atoms with Crippen molar-refractivity contribution >= 4 is 47.0 Å². The fraction of sp³-hybridized carbons (Fsp3) is 0.375. The first-order valence-electron chi connectivity index (χ1n) is 10.8. The predicted octanol–water partition coefficient (Wildman–Crippen LogP) is 4.25. The molecule has 1 aromatic rings. The van der Waals surface area contributed by atoms with Gasteiger partial charge in [-0.3, -0.25) is 9.59 Å². The average Bonchev–Trinajstić information content (AvgIpc) is 3.03. The summed E-state index contributed by atoms with van der Waals surface area (Å²) in [6.07, 6.45) is 12.4. The van der Waals surface area contributed by atoms with E-state index in [0.29, 0.717) is 27.8 Å². The van der Waals surface area contributed by atoms with Crippen molar-refractivity contribution in [2.75, 3.05) is 26.2 Å². The lowest BCUT2D eigenvalue weighted by Crippen LogP contribution is -2.36. The first-order chi connectivity index (χ1) is 15.1. The van der Waals surface area contributed by atoms with Crippen LogP contribution < -0.4 is 5.32 Å². The van der Waals surface area contributed by atoms with Gasteiger partial charge in [0.15, 0.2) is 0 Å². The van der Waals surface area contributed by atoms with Crippen LogP contribution in [0.1, 0.15) is 31.2 Å². The van der Waals surface area contributed by atoms with E-state index in [4.69, 9.17) is 11.6 Å². The fourth-order valence-electron chi connectivity index (χ4n) is 3.91. The second-order valence-corrected chi connectivity index (χ2v) is 9.53. The maximum absolute atomic E-state index is 12.6. The van der Waals surface area contributed by atoms with Crippen LogP contribution in [0.25, 0.3) is 6.08 Å².